The van der Waals surface area contributed by atoms with Gasteiger partial charge >= 0.3 is 6.18 Å². The molecule has 0 spiro atoms. The summed E-state index contributed by atoms with van der Waals surface area (Å²) in [5.74, 6) is 0.650. The largest absolute Gasteiger partial charge is 0.389 e. The smallest absolute Gasteiger partial charge is 0.317 e. The first-order valence-corrected chi connectivity index (χ1v) is 5.93. The second-order valence-electron chi connectivity index (χ2n) is 4.67. The van der Waals surface area contributed by atoms with Crippen LogP contribution in [0.1, 0.15) is 25.7 Å². The average molecular weight is 238 g/mol. The van der Waals surface area contributed by atoms with Gasteiger partial charge < -0.3 is 10.2 Å². The van der Waals surface area contributed by atoms with E-state index in [0.717, 1.165) is 32.5 Å². The molecule has 1 heterocycles. The summed E-state index contributed by atoms with van der Waals surface area (Å²) in [4.78, 5) is 2.03. The van der Waals surface area contributed by atoms with E-state index in [1.54, 1.807) is 0 Å². The first kappa shape index (κ1) is 13.8. The zero-order chi connectivity index (χ0) is 12.0. The second-order valence-corrected chi connectivity index (χ2v) is 4.67. The summed E-state index contributed by atoms with van der Waals surface area (Å²) in [6, 6.07) is 0. The molecule has 0 saturated carbocycles. The van der Waals surface area contributed by atoms with Gasteiger partial charge in [0.2, 0.25) is 0 Å². The summed E-state index contributed by atoms with van der Waals surface area (Å²) >= 11 is 0. The van der Waals surface area contributed by atoms with Crippen molar-refractivity contribution in [2.75, 3.05) is 33.2 Å². The van der Waals surface area contributed by atoms with Gasteiger partial charge in [0.1, 0.15) is 0 Å². The number of rotatable bonds is 5. The predicted molar refractivity (Wildman–Crippen MR) is 58.4 cm³/mol. The molecule has 0 aromatic rings. The van der Waals surface area contributed by atoms with Gasteiger partial charge in [0.05, 0.1) is 0 Å². The molecular formula is C11H21F3N2. The van der Waals surface area contributed by atoms with E-state index in [4.69, 9.17) is 0 Å². The van der Waals surface area contributed by atoms with Gasteiger partial charge in [-0.1, -0.05) is 0 Å². The van der Waals surface area contributed by atoms with Crippen LogP contribution in [-0.2, 0) is 0 Å². The summed E-state index contributed by atoms with van der Waals surface area (Å²) in [5.41, 5.74) is 0. The number of hydrogen-bond donors (Lipinski definition) is 1. The minimum atomic E-state index is -4.00. The van der Waals surface area contributed by atoms with Crippen molar-refractivity contribution in [3.8, 4) is 0 Å². The highest BCUT2D eigenvalue weighted by Crippen LogP contribution is 2.21. The summed E-state index contributed by atoms with van der Waals surface area (Å²) in [7, 11) is 1.92. The molecule has 1 fully saturated rings. The average Bonchev–Trinajstić information content (AvgIpc) is 2.17. The number of hydrogen-bond acceptors (Lipinski definition) is 2. The Labute approximate surface area is 95.2 Å². The standard InChI is InChI=1S/C11H21F3N2/c1-16(8-2-5-11(12,13)14)9-10-3-6-15-7-4-10/h10,15H,2-9H2,1H3. The van der Waals surface area contributed by atoms with E-state index in [0.29, 0.717) is 12.5 Å². The van der Waals surface area contributed by atoms with Crippen molar-refractivity contribution >= 4 is 0 Å². The highest BCUT2D eigenvalue weighted by Gasteiger charge is 2.26. The van der Waals surface area contributed by atoms with Gasteiger partial charge in [-0.3, -0.25) is 0 Å². The van der Waals surface area contributed by atoms with Crippen LogP contribution in [0.15, 0.2) is 0 Å². The van der Waals surface area contributed by atoms with Crippen LogP contribution in [0.25, 0.3) is 0 Å². The second kappa shape index (κ2) is 6.45. The Morgan fingerprint density at radius 2 is 1.88 bits per heavy atom. The number of alkyl halides is 3. The highest BCUT2D eigenvalue weighted by atomic mass is 19.4. The maximum absolute atomic E-state index is 11.9. The Balaban J connectivity index is 2.08. The minimum absolute atomic E-state index is 0.213. The molecule has 1 aliphatic heterocycles. The maximum Gasteiger partial charge on any atom is 0.389 e. The molecule has 1 rings (SSSR count). The summed E-state index contributed by atoms with van der Waals surface area (Å²) in [6.07, 6.45) is -2.17. The quantitative estimate of drug-likeness (QED) is 0.790. The molecule has 0 atom stereocenters. The van der Waals surface area contributed by atoms with Crippen molar-refractivity contribution in [2.45, 2.75) is 31.9 Å². The number of nitrogens with one attached hydrogen (secondary N) is 1. The van der Waals surface area contributed by atoms with Crippen molar-refractivity contribution in [3.05, 3.63) is 0 Å². The van der Waals surface area contributed by atoms with Crippen molar-refractivity contribution in [1.29, 1.82) is 0 Å². The van der Waals surface area contributed by atoms with Gasteiger partial charge in [-0.05, 0) is 51.9 Å². The van der Waals surface area contributed by atoms with Crippen LogP contribution in [0.4, 0.5) is 13.2 Å². The molecule has 0 bridgehead atoms. The van der Waals surface area contributed by atoms with Crippen LogP contribution in [-0.4, -0.2) is 44.3 Å². The lowest BCUT2D eigenvalue weighted by molar-refractivity contribution is -0.136. The van der Waals surface area contributed by atoms with Gasteiger partial charge in [0, 0.05) is 13.0 Å². The molecule has 0 aliphatic carbocycles. The summed E-state index contributed by atoms with van der Waals surface area (Å²) in [6.45, 7) is 3.56. The third-order valence-electron chi connectivity index (χ3n) is 3.03. The number of halogens is 3. The molecule has 5 heteroatoms. The Hall–Kier alpha value is -0.290. The number of nitrogens with zero attached hydrogens (tertiary/aromatic N) is 1. The summed E-state index contributed by atoms with van der Waals surface area (Å²) < 4.78 is 35.8. The molecule has 0 radical (unpaired) electrons. The molecule has 2 nitrogen and oxygen atoms in total. The normalized spacial score (nSPS) is 19.3. The monoisotopic (exact) mass is 238 g/mol. The Kier molecular flexibility index (Phi) is 5.55. The maximum atomic E-state index is 11.9. The van der Waals surface area contributed by atoms with Gasteiger partial charge in [0.25, 0.3) is 0 Å². The van der Waals surface area contributed by atoms with Gasteiger partial charge in [-0.25, -0.2) is 0 Å². The third-order valence-corrected chi connectivity index (χ3v) is 3.03. The molecule has 0 amide bonds. The van der Waals surface area contributed by atoms with E-state index >= 15 is 0 Å². The lowest BCUT2D eigenvalue weighted by Crippen LogP contribution is -2.35. The zero-order valence-electron chi connectivity index (χ0n) is 9.82. The van der Waals surface area contributed by atoms with Crippen LogP contribution in [0, 0.1) is 5.92 Å². The van der Waals surface area contributed by atoms with E-state index in [2.05, 4.69) is 5.32 Å². The van der Waals surface area contributed by atoms with E-state index in [1.165, 1.54) is 0 Å². The number of piperidine rings is 1. The van der Waals surface area contributed by atoms with Crippen LogP contribution in [0.2, 0.25) is 0 Å². The SMILES string of the molecule is CN(CCCC(F)(F)F)CC1CCNCC1. The van der Waals surface area contributed by atoms with Crippen LogP contribution in [0.5, 0.6) is 0 Å². The molecule has 1 saturated heterocycles. The molecule has 1 N–H and O–H groups in total. The van der Waals surface area contributed by atoms with E-state index in [9.17, 15) is 13.2 Å². The fraction of sp³-hybridized carbons (Fsp3) is 1.00. The minimum Gasteiger partial charge on any atom is -0.317 e. The van der Waals surface area contributed by atoms with Crippen molar-refractivity contribution in [2.24, 2.45) is 5.92 Å². The topological polar surface area (TPSA) is 15.3 Å². The zero-order valence-corrected chi connectivity index (χ0v) is 9.82. The van der Waals surface area contributed by atoms with E-state index < -0.39 is 12.6 Å². The van der Waals surface area contributed by atoms with Gasteiger partial charge in [-0.15, -0.1) is 0 Å². The lowest BCUT2D eigenvalue weighted by atomic mass is 9.97. The molecule has 16 heavy (non-hydrogen) atoms. The highest BCUT2D eigenvalue weighted by molar-refractivity contribution is 4.71. The Morgan fingerprint density at radius 3 is 2.44 bits per heavy atom. The Morgan fingerprint density at radius 1 is 1.25 bits per heavy atom. The first-order chi connectivity index (χ1) is 7.47. The van der Waals surface area contributed by atoms with Crippen molar-refractivity contribution < 1.29 is 13.2 Å². The molecule has 96 valence electrons. The summed E-state index contributed by atoms with van der Waals surface area (Å²) in [5, 5.41) is 3.28. The van der Waals surface area contributed by atoms with E-state index in [-0.39, 0.29) is 6.42 Å². The molecule has 1 aliphatic rings. The molecule has 0 unspecified atom stereocenters. The predicted octanol–water partition coefficient (Wildman–Crippen LogP) is 2.26. The van der Waals surface area contributed by atoms with Crippen LogP contribution >= 0.6 is 0 Å². The first-order valence-electron chi connectivity index (χ1n) is 5.93. The van der Waals surface area contributed by atoms with Gasteiger partial charge in [-0.2, -0.15) is 13.2 Å². The van der Waals surface area contributed by atoms with Crippen LogP contribution in [0.3, 0.4) is 0 Å². The van der Waals surface area contributed by atoms with Gasteiger partial charge in [0.15, 0.2) is 0 Å². The van der Waals surface area contributed by atoms with E-state index in [1.807, 2.05) is 11.9 Å². The third kappa shape index (κ3) is 6.33. The fourth-order valence-electron chi connectivity index (χ4n) is 2.15. The van der Waals surface area contributed by atoms with Crippen LogP contribution < -0.4 is 5.32 Å². The van der Waals surface area contributed by atoms with Crippen molar-refractivity contribution in [1.82, 2.24) is 10.2 Å². The fourth-order valence-corrected chi connectivity index (χ4v) is 2.15. The lowest BCUT2D eigenvalue weighted by Gasteiger charge is -2.27. The Bertz CT molecular complexity index is 188. The molecule has 0 aromatic carbocycles. The molecular weight excluding hydrogens is 217 g/mol. The van der Waals surface area contributed by atoms with Crippen molar-refractivity contribution in [3.63, 3.8) is 0 Å². The molecule has 0 aromatic heterocycles.